The minimum atomic E-state index is 0.240. The number of aliphatic hydroxyl groups is 1. The van der Waals surface area contributed by atoms with E-state index in [1.54, 1.807) is 0 Å². The maximum absolute atomic E-state index is 8.79. The van der Waals surface area contributed by atoms with E-state index in [-0.39, 0.29) is 12.6 Å². The first-order valence-corrected chi connectivity index (χ1v) is 4.40. The van der Waals surface area contributed by atoms with Crippen LogP contribution in [-0.2, 0) is 0 Å². The molecule has 66 valence electrons. The largest absolute Gasteiger partial charge is 0.395 e. The average Bonchev–Trinajstić information content (AvgIpc) is 2.06. The Morgan fingerprint density at radius 2 is 2.18 bits per heavy atom. The van der Waals surface area contributed by atoms with E-state index < -0.39 is 0 Å². The van der Waals surface area contributed by atoms with Crippen molar-refractivity contribution in [2.45, 2.75) is 31.8 Å². The summed E-state index contributed by atoms with van der Waals surface area (Å²) in [5, 5.41) is 15.5. The van der Waals surface area contributed by atoms with Crippen LogP contribution in [0, 0.1) is 0 Å². The van der Waals surface area contributed by atoms with E-state index in [1.165, 1.54) is 12.8 Å². The molecular formula is C8H18N2O. The third kappa shape index (κ3) is 3.18. The fourth-order valence-electron chi connectivity index (χ4n) is 1.44. The van der Waals surface area contributed by atoms with Gasteiger partial charge in [0.2, 0.25) is 0 Å². The smallest absolute Gasteiger partial charge is 0.0582 e. The molecule has 1 fully saturated rings. The van der Waals surface area contributed by atoms with Crippen molar-refractivity contribution in [1.82, 2.24) is 10.6 Å². The first kappa shape index (κ1) is 8.97. The number of hydrogen-bond donors (Lipinski definition) is 3. The van der Waals surface area contributed by atoms with Crippen LogP contribution in [0.5, 0.6) is 0 Å². The van der Waals surface area contributed by atoms with E-state index >= 15 is 0 Å². The SMILES string of the molecule is CC(CO)NC1CCNCC1. The molecular weight excluding hydrogens is 140 g/mol. The van der Waals surface area contributed by atoms with Gasteiger partial charge in [-0.2, -0.15) is 0 Å². The standard InChI is InChI=1S/C8H18N2O/c1-7(6-11)10-8-2-4-9-5-3-8/h7-11H,2-6H2,1H3. The average molecular weight is 158 g/mol. The highest BCUT2D eigenvalue weighted by molar-refractivity contribution is 4.76. The molecule has 0 spiro atoms. The van der Waals surface area contributed by atoms with Gasteiger partial charge in [-0.3, -0.25) is 0 Å². The number of hydrogen-bond acceptors (Lipinski definition) is 3. The highest BCUT2D eigenvalue weighted by Crippen LogP contribution is 2.02. The number of aliphatic hydroxyl groups excluding tert-OH is 1. The van der Waals surface area contributed by atoms with Crippen LogP contribution < -0.4 is 10.6 Å². The van der Waals surface area contributed by atoms with Crippen molar-refractivity contribution in [3.63, 3.8) is 0 Å². The maximum atomic E-state index is 8.79. The maximum Gasteiger partial charge on any atom is 0.0582 e. The fourth-order valence-corrected chi connectivity index (χ4v) is 1.44. The summed E-state index contributed by atoms with van der Waals surface area (Å²) in [7, 11) is 0. The Balaban J connectivity index is 2.13. The van der Waals surface area contributed by atoms with Crippen molar-refractivity contribution >= 4 is 0 Å². The third-order valence-corrected chi connectivity index (χ3v) is 2.13. The highest BCUT2D eigenvalue weighted by Gasteiger charge is 2.13. The van der Waals surface area contributed by atoms with Crippen LogP contribution in [0.15, 0.2) is 0 Å². The zero-order valence-electron chi connectivity index (χ0n) is 7.14. The molecule has 0 aromatic heterocycles. The molecule has 0 radical (unpaired) electrons. The van der Waals surface area contributed by atoms with Crippen LogP contribution in [0.25, 0.3) is 0 Å². The molecule has 3 nitrogen and oxygen atoms in total. The Morgan fingerprint density at radius 1 is 1.55 bits per heavy atom. The molecule has 1 saturated heterocycles. The Morgan fingerprint density at radius 3 is 2.73 bits per heavy atom. The predicted octanol–water partition coefficient (Wildman–Crippen LogP) is -0.291. The summed E-state index contributed by atoms with van der Waals surface area (Å²) in [6.07, 6.45) is 2.37. The number of rotatable bonds is 3. The third-order valence-electron chi connectivity index (χ3n) is 2.13. The summed E-state index contributed by atoms with van der Waals surface area (Å²) < 4.78 is 0. The van der Waals surface area contributed by atoms with Crippen molar-refractivity contribution in [2.75, 3.05) is 19.7 Å². The fraction of sp³-hybridized carbons (Fsp3) is 1.00. The quantitative estimate of drug-likeness (QED) is 0.529. The lowest BCUT2D eigenvalue weighted by Crippen LogP contribution is -2.44. The van der Waals surface area contributed by atoms with E-state index in [9.17, 15) is 0 Å². The first-order chi connectivity index (χ1) is 5.33. The molecule has 0 aromatic carbocycles. The van der Waals surface area contributed by atoms with Crippen molar-refractivity contribution in [3.8, 4) is 0 Å². The number of piperidine rings is 1. The van der Waals surface area contributed by atoms with Gasteiger partial charge in [-0.15, -0.1) is 0 Å². The number of nitrogens with one attached hydrogen (secondary N) is 2. The second-order valence-corrected chi connectivity index (χ2v) is 3.27. The minimum absolute atomic E-state index is 0.240. The van der Waals surface area contributed by atoms with E-state index in [0.29, 0.717) is 6.04 Å². The molecule has 1 unspecified atom stereocenters. The zero-order chi connectivity index (χ0) is 8.10. The van der Waals surface area contributed by atoms with Crippen LogP contribution in [0.2, 0.25) is 0 Å². The summed E-state index contributed by atoms with van der Waals surface area (Å²) in [6.45, 7) is 4.47. The van der Waals surface area contributed by atoms with Crippen LogP contribution in [0.4, 0.5) is 0 Å². The zero-order valence-corrected chi connectivity index (χ0v) is 7.14. The lowest BCUT2D eigenvalue weighted by atomic mass is 10.1. The second-order valence-electron chi connectivity index (χ2n) is 3.27. The summed E-state index contributed by atoms with van der Waals surface area (Å²) in [5.41, 5.74) is 0. The van der Waals surface area contributed by atoms with Crippen LogP contribution >= 0.6 is 0 Å². The second kappa shape index (κ2) is 4.70. The molecule has 11 heavy (non-hydrogen) atoms. The normalized spacial score (nSPS) is 23.5. The molecule has 1 aliphatic rings. The van der Waals surface area contributed by atoms with Crippen molar-refractivity contribution in [3.05, 3.63) is 0 Å². The van der Waals surface area contributed by atoms with E-state index in [2.05, 4.69) is 10.6 Å². The molecule has 1 atom stereocenters. The molecule has 0 amide bonds. The lowest BCUT2D eigenvalue weighted by molar-refractivity contribution is 0.230. The molecule has 0 bridgehead atoms. The molecule has 3 N–H and O–H groups in total. The summed E-state index contributed by atoms with van der Waals surface area (Å²) in [4.78, 5) is 0. The van der Waals surface area contributed by atoms with Crippen molar-refractivity contribution in [1.29, 1.82) is 0 Å². The van der Waals surface area contributed by atoms with Gasteiger partial charge >= 0.3 is 0 Å². The Kier molecular flexibility index (Phi) is 3.83. The Labute approximate surface area is 68.2 Å². The van der Waals surface area contributed by atoms with E-state index in [1.807, 2.05) is 6.92 Å². The molecule has 3 heteroatoms. The van der Waals surface area contributed by atoms with Gasteiger partial charge in [0.1, 0.15) is 0 Å². The monoisotopic (exact) mass is 158 g/mol. The lowest BCUT2D eigenvalue weighted by Gasteiger charge is -2.26. The van der Waals surface area contributed by atoms with Gasteiger partial charge in [0.05, 0.1) is 6.61 Å². The van der Waals surface area contributed by atoms with Gasteiger partial charge in [0.25, 0.3) is 0 Å². The summed E-state index contributed by atoms with van der Waals surface area (Å²) in [5.74, 6) is 0. The van der Waals surface area contributed by atoms with Gasteiger partial charge in [-0.25, -0.2) is 0 Å². The van der Waals surface area contributed by atoms with Gasteiger partial charge in [0, 0.05) is 12.1 Å². The van der Waals surface area contributed by atoms with E-state index in [0.717, 1.165) is 13.1 Å². The molecule has 1 rings (SSSR count). The van der Waals surface area contributed by atoms with Gasteiger partial charge in [-0.05, 0) is 32.9 Å². The highest BCUT2D eigenvalue weighted by atomic mass is 16.3. The Bertz CT molecular complexity index is 102. The van der Waals surface area contributed by atoms with Crippen molar-refractivity contribution in [2.24, 2.45) is 0 Å². The van der Waals surface area contributed by atoms with Crippen LogP contribution in [-0.4, -0.2) is 36.9 Å². The van der Waals surface area contributed by atoms with Crippen LogP contribution in [0.1, 0.15) is 19.8 Å². The predicted molar refractivity (Wildman–Crippen MR) is 45.6 cm³/mol. The first-order valence-electron chi connectivity index (χ1n) is 4.40. The molecule has 0 saturated carbocycles. The minimum Gasteiger partial charge on any atom is -0.395 e. The summed E-state index contributed by atoms with van der Waals surface area (Å²) in [6, 6.07) is 0.858. The molecule has 0 aromatic rings. The van der Waals surface area contributed by atoms with Gasteiger partial charge < -0.3 is 15.7 Å². The molecule has 1 aliphatic heterocycles. The van der Waals surface area contributed by atoms with Crippen molar-refractivity contribution < 1.29 is 5.11 Å². The van der Waals surface area contributed by atoms with Crippen LogP contribution in [0.3, 0.4) is 0 Å². The topological polar surface area (TPSA) is 44.3 Å². The molecule has 0 aliphatic carbocycles. The van der Waals surface area contributed by atoms with Gasteiger partial charge in [-0.1, -0.05) is 0 Å². The molecule has 1 heterocycles. The van der Waals surface area contributed by atoms with E-state index in [4.69, 9.17) is 5.11 Å². The summed E-state index contributed by atoms with van der Waals surface area (Å²) >= 11 is 0. The Hall–Kier alpha value is -0.120. The van der Waals surface area contributed by atoms with Gasteiger partial charge in [0.15, 0.2) is 0 Å².